The third kappa shape index (κ3) is 3.15. The molecule has 7 heteroatoms. The molecule has 0 unspecified atom stereocenters. The molecular weight excluding hydrogens is 253 g/mol. The van der Waals surface area contributed by atoms with Crippen LogP contribution in [0, 0.1) is 12.7 Å². The molecule has 0 bridgehead atoms. The number of aromatic nitrogens is 1. The largest absolute Gasteiger partial charge is 0.360 e. The number of anilines is 2. The van der Waals surface area contributed by atoms with Gasteiger partial charge in [-0.15, -0.1) is 0 Å². The van der Waals surface area contributed by atoms with E-state index < -0.39 is 17.6 Å². The first-order valence-corrected chi connectivity index (χ1v) is 5.36. The van der Waals surface area contributed by atoms with Crippen LogP contribution >= 0.6 is 0 Å². The van der Waals surface area contributed by atoms with Gasteiger partial charge in [0, 0.05) is 6.07 Å². The topological polar surface area (TPSA) is 84.2 Å². The van der Waals surface area contributed by atoms with E-state index in [9.17, 15) is 14.0 Å². The van der Waals surface area contributed by atoms with Crippen LogP contribution in [0.1, 0.15) is 5.76 Å². The molecule has 0 aliphatic carbocycles. The molecule has 0 aliphatic heterocycles. The normalized spacial score (nSPS) is 10.0. The molecule has 0 aliphatic rings. The van der Waals surface area contributed by atoms with E-state index in [0.29, 0.717) is 5.76 Å². The lowest BCUT2D eigenvalue weighted by molar-refractivity contribution is -0.133. The highest BCUT2D eigenvalue weighted by atomic mass is 19.1. The maximum atomic E-state index is 13.3. The highest BCUT2D eigenvalue weighted by Gasteiger charge is 2.16. The minimum atomic E-state index is -0.995. The van der Waals surface area contributed by atoms with Crippen molar-refractivity contribution in [3.8, 4) is 0 Å². The first-order valence-electron chi connectivity index (χ1n) is 5.36. The number of nitrogens with zero attached hydrogens (tertiary/aromatic N) is 1. The summed E-state index contributed by atoms with van der Waals surface area (Å²) in [7, 11) is 0. The summed E-state index contributed by atoms with van der Waals surface area (Å²) in [6.07, 6.45) is 0. The van der Waals surface area contributed by atoms with Gasteiger partial charge in [-0.25, -0.2) is 4.39 Å². The summed E-state index contributed by atoms with van der Waals surface area (Å²) in [5.41, 5.74) is -0.0704. The molecule has 0 atom stereocenters. The highest BCUT2D eigenvalue weighted by Crippen LogP contribution is 2.12. The van der Waals surface area contributed by atoms with Crippen LogP contribution < -0.4 is 10.6 Å². The van der Waals surface area contributed by atoms with Crippen molar-refractivity contribution in [2.75, 3.05) is 10.6 Å². The standard InChI is InChI=1S/C12H10FN3O3/c1-7-6-10(16-19-7)15-12(18)11(17)14-9-5-3-2-4-8(9)13/h2-6H,1H3,(H,14,17)(H,15,16,18). The molecule has 2 amide bonds. The average Bonchev–Trinajstić information content (AvgIpc) is 2.77. The Labute approximate surface area is 107 Å². The maximum absolute atomic E-state index is 13.3. The zero-order valence-electron chi connectivity index (χ0n) is 9.94. The number of hydrogen-bond donors (Lipinski definition) is 2. The van der Waals surface area contributed by atoms with Crippen LogP contribution in [0.2, 0.25) is 0 Å². The van der Waals surface area contributed by atoms with Gasteiger partial charge in [-0.2, -0.15) is 0 Å². The molecule has 2 aromatic rings. The Morgan fingerprint density at radius 2 is 1.89 bits per heavy atom. The molecule has 98 valence electrons. The number of rotatable bonds is 2. The van der Waals surface area contributed by atoms with E-state index in [-0.39, 0.29) is 11.5 Å². The van der Waals surface area contributed by atoms with Gasteiger partial charge in [0.1, 0.15) is 11.6 Å². The van der Waals surface area contributed by atoms with Crippen molar-refractivity contribution < 1.29 is 18.5 Å². The summed E-state index contributed by atoms with van der Waals surface area (Å²) < 4.78 is 18.0. The van der Waals surface area contributed by atoms with Crippen molar-refractivity contribution in [2.45, 2.75) is 6.92 Å². The second-order valence-electron chi connectivity index (χ2n) is 3.71. The third-order valence-electron chi connectivity index (χ3n) is 2.20. The van der Waals surface area contributed by atoms with E-state index in [4.69, 9.17) is 4.52 Å². The number of carbonyl (C=O) groups is 2. The molecule has 2 N–H and O–H groups in total. The number of benzene rings is 1. The van der Waals surface area contributed by atoms with Crippen LogP contribution in [0.4, 0.5) is 15.9 Å². The monoisotopic (exact) mass is 263 g/mol. The lowest BCUT2D eigenvalue weighted by atomic mass is 10.3. The van der Waals surface area contributed by atoms with Gasteiger partial charge < -0.3 is 9.84 Å². The minimum absolute atomic E-state index is 0.0704. The Morgan fingerprint density at radius 1 is 1.21 bits per heavy atom. The Kier molecular flexibility index (Phi) is 3.56. The number of amides is 2. The van der Waals surface area contributed by atoms with E-state index in [2.05, 4.69) is 15.8 Å². The van der Waals surface area contributed by atoms with Gasteiger partial charge in [0.2, 0.25) is 0 Å². The number of para-hydroxylation sites is 1. The summed E-state index contributed by atoms with van der Waals surface area (Å²) in [4.78, 5) is 23.0. The summed E-state index contributed by atoms with van der Waals surface area (Å²) in [6.45, 7) is 1.64. The molecule has 6 nitrogen and oxygen atoms in total. The fraction of sp³-hybridized carbons (Fsp3) is 0.0833. The van der Waals surface area contributed by atoms with Crippen molar-refractivity contribution in [3.63, 3.8) is 0 Å². The van der Waals surface area contributed by atoms with Gasteiger partial charge >= 0.3 is 11.8 Å². The van der Waals surface area contributed by atoms with Crippen molar-refractivity contribution in [2.24, 2.45) is 0 Å². The predicted octanol–water partition coefficient (Wildman–Crippen LogP) is 1.70. The summed E-state index contributed by atoms with van der Waals surface area (Å²) in [5.74, 6) is -1.97. The third-order valence-corrected chi connectivity index (χ3v) is 2.20. The maximum Gasteiger partial charge on any atom is 0.315 e. The molecule has 0 radical (unpaired) electrons. The number of aryl methyl sites for hydroxylation is 1. The van der Waals surface area contributed by atoms with Gasteiger partial charge in [0.25, 0.3) is 0 Å². The molecule has 1 aromatic heterocycles. The zero-order chi connectivity index (χ0) is 13.8. The SMILES string of the molecule is Cc1cc(NC(=O)C(=O)Nc2ccccc2F)no1. The smallest absolute Gasteiger partial charge is 0.315 e. The first-order chi connectivity index (χ1) is 9.06. The van der Waals surface area contributed by atoms with Crippen molar-refractivity contribution >= 4 is 23.3 Å². The molecule has 1 aromatic carbocycles. The van der Waals surface area contributed by atoms with Gasteiger partial charge in [-0.3, -0.25) is 14.9 Å². The Hall–Kier alpha value is -2.70. The second-order valence-corrected chi connectivity index (χ2v) is 3.71. The Balaban J connectivity index is 2.00. The molecule has 19 heavy (non-hydrogen) atoms. The summed E-state index contributed by atoms with van der Waals surface area (Å²) in [5, 5.41) is 7.88. The van der Waals surface area contributed by atoms with E-state index in [1.807, 2.05) is 0 Å². The van der Waals surface area contributed by atoms with Crippen LogP contribution in [0.15, 0.2) is 34.9 Å². The fourth-order valence-corrected chi connectivity index (χ4v) is 1.34. The van der Waals surface area contributed by atoms with Crippen LogP contribution in [-0.2, 0) is 9.59 Å². The molecular formula is C12H10FN3O3. The average molecular weight is 263 g/mol. The van der Waals surface area contributed by atoms with Crippen LogP contribution in [0.5, 0.6) is 0 Å². The summed E-state index contributed by atoms with van der Waals surface area (Å²) in [6, 6.07) is 6.99. The number of carbonyl (C=O) groups excluding carboxylic acids is 2. The van der Waals surface area contributed by atoms with Crippen LogP contribution in [0.3, 0.4) is 0 Å². The first kappa shape index (κ1) is 12.7. The molecule has 0 spiro atoms. The van der Waals surface area contributed by atoms with Crippen molar-refractivity contribution in [1.29, 1.82) is 0 Å². The van der Waals surface area contributed by atoms with Crippen LogP contribution in [0.25, 0.3) is 0 Å². The number of halogens is 1. The van der Waals surface area contributed by atoms with E-state index in [0.717, 1.165) is 0 Å². The Bertz CT molecular complexity index is 624. The highest BCUT2D eigenvalue weighted by molar-refractivity contribution is 6.43. The van der Waals surface area contributed by atoms with Crippen molar-refractivity contribution in [3.05, 3.63) is 41.9 Å². The minimum Gasteiger partial charge on any atom is -0.360 e. The van der Waals surface area contributed by atoms with Gasteiger partial charge in [-0.05, 0) is 19.1 Å². The number of hydrogen-bond acceptors (Lipinski definition) is 4. The molecule has 1 heterocycles. The van der Waals surface area contributed by atoms with Gasteiger partial charge in [0.15, 0.2) is 5.82 Å². The van der Waals surface area contributed by atoms with Crippen LogP contribution in [-0.4, -0.2) is 17.0 Å². The van der Waals surface area contributed by atoms with Gasteiger partial charge in [0.05, 0.1) is 5.69 Å². The van der Waals surface area contributed by atoms with E-state index in [1.165, 1.54) is 30.3 Å². The lowest BCUT2D eigenvalue weighted by Gasteiger charge is -2.05. The van der Waals surface area contributed by atoms with Gasteiger partial charge in [-0.1, -0.05) is 17.3 Å². The molecule has 0 saturated carbocycles. The Morgan fingerprint density at radius 3 is 2.53 bits per heavy atom. The lowest BCUT2D eigenvalue weighted by Crippen LogP contribution is -2.29. The van der Waals surface area contributed by atoms with E-state index in [1.54, 1.807) is 6.92 Å². The molecule has 2 rings (SSSR count). The second kappa shape index (κ2) is 5.30. The fourth-order valence-electron chi connectivity index (χ4n) is 1.34. The summed E-state index contributed by atoms with van der Waals surface area (Å²) >= 11 is 0. The number of nitrogens with one attached hydrogen (secondary N) is 2. The van der Waals surface area contributed by atoms with E-state index >= 15 is 0 Å². The predicted molar refractivity (Wildman–Crippen MR) is 64.9 cm³/mol. The van der Waals surface area contributed by atoms with Crippen molar-refractivity contribution in [1.82, 2.24) is 5.16 Å². The zero-order valence-corrected chi connectivity index (χ0v) is 9.94. The molecule has 0 saturated heterocycles. The quantitative estimate of drug-likeness (QED) is 0.808. The molecule has 0 fully saturated rings.